The van der Waals surface area contributed by atoms with Gasteiger partial charge in [0, 0.05) is 19.2 Å². The van der Waals surface area contributed by atoms with Gasteiger partial charge in [-0.2, -0.15) is 5.06 Å². The summed E-state index contributed by atoms with van der Waals surface area (Å²) in [6, 6.07) is 0. The van der Waals surface area contributed by atoms with Crippen LogP contribution in [0.15, 0.2) is 35.8 Å². The summed E-state index contributed by atoms with van der Waals surface area (Å²) in [4.78, 5) is 13.3. The number of amides is 1. The van der Waals surface area contributed by atoms with E-state index in [1.807, 2.05) is 11.1 Å². The van der Waals surface area contributed by atoms with E-state index in [1.54, 1.807) is 18.2 Å². The Kier molecular flexibility index (Phi) is 4.14. The molecule has 6 nitrogen and oxygen atoms in total. The zero-order valence-electron chi connectivity index (χ0n) is 9.95. The molecule has 0 bridgehead atoms. The van der Waals surface area contributed by atoms with Crippen LogP contribution in [0.5, 0.6) is 0 Å². The molecule has 1 amide bonds. The Labute approximate surface area is 105 Å². The molecule has 0 aliphatic carbocycles. The van der Waals surface area contributed by atoms with Gasteiger partial charge in [0.1, 0.15) is 0 Å². The third-order valence-electron chi connectivity index (χ3n) is 2.74. The number of ether oxygens (including phenoxy) is 1. The molecular weight excluding hydrogens is 236 g/mol. The molecule has 0 spiro atoms. The van der Waals surface area contributed by atoms with Crippen LogP contribution >= 0.6 is 0 Å². The highest BCUT2D eigenvalue weighted by Gasteiger charge is 2.27. The molecule has 2 rings (SSSR count). The number of hydroxylamine groups is 2. The van der Waals surface area contributed by atoms with Crippen LogP contribution in [-0.4, -0.2) is 52.5 Å². The smallest absolute Gasteiger partial charge is 0.254 e. The van der Waals surface area contributed by atoms with E-state index in [-0.39, 0.29) is 18.9 Å². The van der Waals surface area contributed by atoms with Crippen molar-refractivity contribution in [3.63, 3.8) is 0 Å². The zero-order chi connectivity index (χ0) is 13.0. The van der Waals surface area contributed by atoms with Crippen molar-refractivity contribution in [2.24, 2.45) is 0 Å². The van der Waals surface area contributed by atoms with Crippen molar-refractivity contribution in [2.45, 2.75) is 6.42 Å². The van der Waals surface area contributed by atoms with Gasteiger partial charge in [-0.25, -0.2) is 0 Å². The van der Waals surface area contributed by atoms with Crippen LogP contribution in [0.3, 0.4) is 0 Å². The van der Waals surface area contributed by atoms with Crippen LogP contribution in [-0.2, 0) is 9.53 Å². The van der Waals surface area contributed by atoms with Crippen LogP contribution in [0.2, 0.25) is 0 Å². The molecule has 0 radical (unpaired) electrons. The van der Waals surface area contributed by atoms with Crippen molar-refractivity contribution in [1.82, 2.24) is 9.96 Å². The number of hydrogen-bond acceptors (Lipinski definition) is 5. The molecule has 0 aromatic heterocycles. The standard InChI is InChI=1S/C12H16N2O4/c15-7-9-18-8-6-13-5-1-2-11-10(13)3-4-12(16)14(11)17/h1-3,5,15,17H,4,6-9H2. The van der Waals surface area contributed by atoms with Crippen LogP contribution in [0.1, 0.15) is 6.42 Å². The average molecular weight is 252 g/mol. The maximum absolute atomic E-state index is 11.4. The van der Waals surface area contributed by atoms with E-state index in [2.05, 4.69) is 0 Å². The number of aliphatic hydroxyl groups excluding tert-OH is 1. The molecular formula is C12H16N2O4. The normalized spacial score (nSPS) is 18.7. The van der Waals surface area contributed by atoms with Gasteiger partial charge >= 0.3 is 0 Å². The second-order valence-electron chi connectivity index (χ2n) is 3.92. The fourth-order valence-electron chi connectivity index (χ4n) is 1.88. The minimum absolute atomic E-state index is 0.00259. The molecule has 98 valence electrons. The molecule has 2 N–H and O–H groups in total. The summed E-state index contributed by atoms with van der Waals surface area (Å²) in [5.74, 6) is -0.336. The molecule has 0 fully saturated rings. The summed E-state index contributed by atoms with van der Waals surface area (Å²) in [5.41, 5.74) is 1.28. The first-order valence-corrected chi connectivity index (χ1v) is 5.80. The summed E-state index contributed by atoms with van der Waals surface area (Å²) in [5, 5.41) is 18.9. The van der Waals surface area contributed by atoms with Gasteiger partial charge in [0.05, 0.1) is 31.2 Å². The Morgan fingerprint density at radius 3 is 2.94 bits per heavy atom. The van der Waals surface area contributed by atoms with Crippen LogP contribution in [0.4, 0.5) is 0 Å². The predicted octanol–water partition coefficient (Wildman–Crippen LogP) is 0.214. The van der Waals surface area contributed by atoms with Gasteiger partial charge < -0.3 is 14.7 Å². The van der Waals surface area contributed by atoms with Crippen molar-refractivity contribution in [2.75, 3.05) is 26.4 Å². The average Bonchev–Trinajstić information content (AvgIpc) is 2.39. The van der Waals surface area contributed by atoms with Gasteiger partial charge in [-0.05, 0) is 18.2 Å². The highest BCUT2D eigenvalue weighted by atomic mass is 16.5. The number of hydrogen-bond donors (Lipinski definition) is 2. The minimum atomic E-state index is -0.336. The van der Waals surface area contributed by atoms with E-state index >= 15 is 0 Å². The van der Waals surface area contributed by atoms with E-state index < -0.39 is 0 Å². The maximum atomic E-state index is 11.4. The van der Waals surface area contributed by atoms with Crippen LogP contribution < -0.4 is 0 Å². The Hall–Kier alpha value is -1.63. The van der Waals surface area contributed by atoms with Crippen molar-refractivity contribution >= 4 is 5.91 Å². The second-order valence-corrected chi connectivity index (χ2v) is 3.92. The molecule has 0 aromatic rings. The van der Waals surface area contributed by atoms with Crippen LogP contribution in [0, 0.1) is 0 Å². The van der Waals surface area contributed by atoms with E-state index in [9.17, 15) is 10.0 Å². The lowest BCUT2D eigenvalue weighted by Gasteiger charge is -2.33. The van der Waals surface area contributed by atoms with Gasteiger partial charge in [0.2, 0.25) is 0 Å². The van der Waals surface area contributed by atoms with Crippen molar-refractivity contribution in [3.8, 4) is 0 Å². The molecule has 2 heterocycles. The Morgan fingerprint density at radius 2 is 2.17 bits per heavy atom. The summed E-state index contributed by atoms with van der Waals surface area (Å²) in [6.07, 6.45) is 7.29. The second kappa shape index (κ2) is 5.81. The monoisotopic (exact) mass is 252 g/mol. The molecule has 0 atom stereocenters. The third kappa shape index (κ3) is 2.61. The first-order chi connectivity index (χ1) is 8.74. The Balaban J connectivity index is 2.00. The summed E-state index contributed by atoms with van der Waals surface area (Å²) in [7, 11) is 0. The van der Waals surface area contributed by atoms with Gasteiger partial charge in [-0.1, -0.05) is 0 Å². The number of fused-ring (bicyclic) bond motifs is 1. The lowest BCUT2D eigenvalue weighted by molar-refractivity contribution is -0.156. The number of aliphatic hydroxyl groups is 1. The molecule has 0 unspecified atom stereocenters. The van der Waals surface area contributed by atoms with E-state index in [0.717, 1.165) is 5.70 Å². The van der Waals surface area contributed by atoms with E-state index in [1.165, 1.54) is 0 Å². The highest BCUT2D eigenvalue weighted by molar-refractivity contribution is 5.81. The lowest BCUT2D eigenvalue weighted by Crippen LogP contribution is -2.37. The quantitative estimate of drug-likeness (QED) is 0.540. The van der Waals surface area contributed by atoms with Crippen molar-refractivity contribution < 1.29 is 19.8 Å². The zero-order valence-corrected chi connectivity index (χ0v) is 9.95. The van der Waals surface area contributed by atoms with Crippen molar-refractivity contribution in [3.05, 3.63) is 35.8 Å². The number of allylic oxidation sites excluding steroid dienone is 2. The molecule has 18 heavy (non-hydrogen) atoms. The topological polar surface area (TPSA) is 73.2 Å². The van der Waals surface area contributed by atoms with Gasteiger partial charge in [-0.3, -0.25) is 10.0 Å². The van der Waals surface area contributed by atoms with E-state index in [4.69, 9.17) is 9.84 Å². The van der Waals surface area contributed by atoms with E-state index in [0.29, 0.717) is 30.5 Å². The minimum Gasteiger partial charge on any atom is -0.394 e. The molecule has 0 aromatic carbocycles. The summed E-state index contributed by atoms with van der Waals surface area (Å²) < 4.78 is 5.20. The largest absolute Gasteiger partial charge is 0.394 e. The molecule has 0 saturated heterocycles. The molecule has 0 saturated carbocycles. The lowest BCUT2D eigenvalue weighted by atomic mass is 10.1. The summed E-state index contributed by atoms with van der Waals surface area (Å²) in [6.45, 7) is 1.38. The van der Waals surface area contributed by atoms with Gasteiger partial charge in [-0.15, -0.1) is 0 Å². The van der Waals surface area contributed by atoms with Crippen molar-refractivity contribution in [1.29, 1.82) is 0 Å². The Morgan fingerprint density at radius 1 is 1.33 bits per heavy atom. The van der Waals surface area contributed by atoms with Crippen LogP contribution in [0.25, 0.3) is 0 Å². The number of carbonyl (C=O) groups is 1. The predicted molar refractivity (Wildman–Crippen MR) is 63.2 cm³/mol. The molecule has 2 aliphatic rings. The number of rotatable bonds is 5. The number of carbonyl (C=O) groups excluding carboxylic acids is 1. The van der Waals surface area contributed by atoms with Gasteiger partial charge in [0.15, 0.2) is 0 Å². The fourth-order valence-corrected chi connectivity index (χ4v) is 1.88. The third-order valence-corrected chi connectivity index (χ3v) is 2.74. The van der Waals surface area contributed by atoms with Gasteiger partial charge in [0.25, 0.3) is 5.91 Å². The first kappa shape index (κ1) is 12.8. The molecule has 2 aliphatic heterocycles. The maximum Gasteiger partial charge on any atom is 0.254 e. The Bertz CT molecular complexity index is 414. The SMILES string of the molecule is O=C1CC=C2C(=CC=CN2CCOCCO)N1O. The highest BCUT2D eigenvalue weighted by Crippen LogP contribution is 2.27. The number of nitrogens with zero attached hydrogens (tertiary/aromatic N) is 2. The fraction of sp³-hybridized carbons (Fsp3) is 0.417. The summed E-state index contributed by atoms with van der Waals surface area (Å²) >= 11 is 0. The molecule has 6 heteroatoms. The first-order valence-electron chi connectivity index (χ1n) is 5.80.